The van der Waals surface area contributed by atoms with Gasteiger partial charge in [0.1, 0.15) is 11.3 Å². The number of rotatable bonds is 5. The summed E-state index contributed by atoms with van der Waals surface area (Å²) in [6, 6.07) is 5.55. The lowest BCUT2D eigenvalue weighted by Gasteiger charge is -2.01. The quantitative estimate of drug-likeness (QED) is 0.822. The van der Waals surface area contributed by atoms with Gasteiger partial charge in [-0.1, -0.05) is 6.08 Å². The molecule has 1 aromatic heterocycles. The first-order chi connectivity index (χ1) is 8.74. The van der Waals surface area contributed by atoms with Gasteiger partial charge in [-0.15, -0.1) is 6.58 Å². The number of hydrogen-bond acceptors (Lipinski definition) is 3. The highest BCUT2D eigenvalue weighted by atomic mass is 16.5. The Balaban J connectivity index is 2.19. The maximum atomic E-state index is 11.6. The third-order valence-corrected chi connectivity index (χ3v) is 2.66. The van der Waals surface area contributed by atoms with Crippen LogP contribution < -0.4 is 10.1 Å². The Morgan fingerprint density at radius 2 is 2.39 bits per heavy atom. The van der Waals surface area contributed by atoms with Crippen molar-refractivity contribution in [2.45, 2.75) is 6.42 Å². The first-order valence-corrected chi connectivity index (χ1v) is 5.66. The van der Waals surface area contributed by atoms with E-state index in [2.05, 4.69) is 11.9 Å². The van der Waals surface area contributed by atoms with Crippen molar-refractivity contribution < 1.29 is 13.9 Å². The van der Waals surface area contributed by atoms with Gasteiger partial charge in [-0.25, -0.2) is 0 Å². The van der Waals surface area contributed by atoms with Crippen LogP contribution in [0, 0.1) is 0 Å². The Morgan fingerprint density at radius 3 is 3.11 bits per heavy atom. The van der Waals surface area contributed by atoms with E-state index in [9.17, 15) is 4.79 Å². The number of amides is 1. The first kappa shape index (κ1) is 12.2. The van der Waals surface area contributed by atoms with E-state index >= 15 is 0 Å². The summed E-state index contributed by atoms with van der Waals surface area (Å²) >= 11 is 0. The van der Waals surface area contributed by atoms with Gasteiger partial charge in [-0.2, -0.15) is 0 Å². The molecule has 4 nitrogen and oxygen atoms in total. The van der Waals surface area contributed by atoms with Crippen LogP contribution in [0.5, 0.6) is 5.75 Å². The van der Waals surface area contributed by atoms with E-state index in [4.69, 9.17) is 9.15 Å². The number of methoxy groups -OCH3 is 1. The van der Waals surface area contributed by atoms with Gasteiger partial charge in [0.15, 0.2) is 0 Å². The van der Waals surface area contributed by atoms with Gasteiger partial charge in [0, 0.05) is 23.6 Å². The molecule has 4 heteroatoms. The molecule has 18 heavy (non-hydrogen) atoms. The third-order valence-electron chi connectivity index (χ3n) is 2.66. The number of fused-ring (bicyclic) bond motifs is 1. The Hall–Kier alpha value is -2.23. The summed E-state index contributed by atoms with van der Waals surface area (Å²) in [6.07, 6.45) is 3.56. The Kier molecular flexibility index (Phi) is 3.67. The minimum Gasteiger partial charge on any atom is -0.497 e. The molecule has 0 spiro atoms. The summed E-state index contributed by atoms with van der Waals surface area (Å²) in [7, 11) is 1.60. The van der Waals surface area contributed by atoms with Crippen LogP contribution >= 0.6 is 0 Å². The lowest BCUT2D eigenvalue weighted by atomic mass is 10.1. The molecule has 0 saturated carbocycles. The smallest absolute Gasteiger partial charge is 0.224 e. The summed E-state index contributed by atoms with van der Waals surface area (Å²) in [5, 5.41) is 3.67. The van der Waals surface area contributed by atoms with Crippen LogP contribution in [0.25, 0.3) is 11.0 Å². The van der Waals surface area contributed by atoms with Crippen LogP contribution in [-0.2, 0) is 11.2 Å². The van der Waals surface area contributed by atoms with Crippen molar-refractivity contribution in [1.29, 1.82) is 0 Å². The summed E-state index contributed by atoms with van der Waals surface area (Å²) < 4.78 is 10.5. The second-order valence-electron chi connectivity index (χ2n) is 3.89. The molecule has 0 fully saturated rings. The molecule has 1 N–H and O–H groups in total. The molecule has 94 valence electrons. The zero-order chi connectivity index (χ0) is 13.0. The van der Waals surface area contributed by atoms with Crippen molar-refractivity contribution in [2.24, 2.45) is 0 Å². The summed E-state index contributed by atoms with van der Waals surface area (Å²) in [5.74, 6) is 0.688. The molecule has 0 aliphatic carbocycles. The van der Waals surface area contributed by atoms with E-state index in [1.54, 1.807) is 25.5 Å². The fraction of sp³-hybridized carbons (Fsp3) is 0.214. The molecule has 0 aliphatic heterocycles. The average molecular weight is 245 g/mol. The highest BCUT2D eigenvalue weighted by Gasteiger charge is 2.10. The first-order valence-electron chi connectivity index (χ1n) is 5.66. The van der Waals surface area contributed by atoms with Crippen LogP contribution in [-0.4, -0.2) is 19.6 Å². The Bertz CT molecular complexity index is 571. The van der Waals surface area contributed by atoms with Crippen LogP contribution in [0.2, 0.25) is 0 Å². The molecule has 0 aliphatic rings. The number of carbonyl (C=O) groups is 1. The summed E-state index contributed by atoms with van der Waals surface area (Å²) in [4.78, 5) is 11.6. The minimum absolute atomic E-state index is 0.0478. The van der Waals surface area contributed by atoms with Crippen molar-refractivity contribution >= 4 is 16.9 Å². The number of carbonyl (C=O) groups excluding carboxylic acids is 1. The number of benzene rings is 1. The highest BCUT2D eigenvalue weighted by Crippen LogP contribution is 2.25. The van der Waals surface area contributed by atoms with Crippen molar-refractivity contribution in [3.63, 3.8) is 0 Å². The lowest BCUT2D eigenvalue weighted by molar-refractivity contribution is -0.120. The van der Waals surface area contributed by atoms with Crippen LogP contribution in [0.1, 0.15) is 5.56 Å². The number of ether oxygens (including phenoxy) is 1. The number of furan rings is 1. The normalized spacial score (nSPS) is 10.3. The highest BCUT2D eigenvalue weighted by molar-refractivity contribution is 5.88. The van der Waals surface area contributed by atoms with Gasteiger partial charge in [-0.05, 0) is 12.1 Å². The van der Waals surface area contributed by atoms with Gasteiger partial charge in [0.25, 0.3) is 0 Å². The van der Waals surface area contributed by atoms with E-state index < -0.39 is 0 Å². The number of hydrogen-bond donors (Lipinski definition) is 1. The zero-order valence-electron chi connectivity index (χ0n) is 10.2. The van der Waals surface area contributed by atoms with Crippen molar-refractivity contribution in [3.05, 3.63) is 42.7 Å². The molecule has 0 saturated heterocycles. The molecular formula is C14H15NO3. The van der Waals surface area contributed by atoms with Crippen molar-refractivity contribution in [2.75, 3.05) is 13.7 Å². The molecule has 1 aromatic carbocycles. The van der Waals surface area contributed by atoms with Gasteiger partial charge in [0.2, 0.25) is 5.91 Å². The fourth-order valence-electron chi connectivity index (χ4n) is 1.75. The van der Waals surface area contributed by atoms with Crippen molar-refractivity contribution in [1.82, 2.24) is 5.32 Å². The van der Waals surface area contributed by atoms with E-state index in [-0.39, 0.29) is 5.91 Å². The second-order valence-corrected chi connectivity index (χ2v) is 3.89. The summed E-state index contributed by atoms with van der Waals surface area (Å²) in [6.45, 7) is 4.03. The number of nitrogens with one attached hydrogen (secondary N) is 1. The predicted octanol–water partition coefficient (Wildman–Crippen LogP) is 2.29. The molecule has 0 radical (unpaired) electrons. The van der Waals surface area contributed by atoms with Crippen LogP contribution in [0.15, 0.2) is 41.5 Å². The SMILES string of the molecule is C=CCNC(=O)Cc1coc2cc(OC)ccc12. The third kappa shape index (κ3) is 2.53. The molecule has 1 amide bonds. The van der Waals surface area contributed by atoms with Gasteiger partial charge >= 0.3 is 0 Å². The van der Waals surface area contributed by atoms with Crippen molar-refractivity contribution in [3.8, 4) is 5.75 Å². The molecule has 2 aromatic rings. The van der Waals surface area contributed by atoms with E-state index in [0.717, 1.165) is 22.3 Å². The Labute approximate surface area is 105 Å². The molecule has 1 heterocycles. The largest absolute Gasteiger partial charge is 0.497 e. The average Bonchev–Trinajstić information content (AvgIpc) is 2.78. The van der Waals surface area contributed by atoms with E-state index in [0.29, 0.717) is 13.0 Å². The standard InChI is InChI=1S/C14H15NO3/c1-3-6-15-14(16)7-10-9-18-13-8-11(17-2)4-5-12(10)13/h3-5,8-9H,1,6-7H2,2H3,(H,15,16). The molecular weight excluding hydrogens is 230 g/mol. The van der Waals surface area contributed by atoms with Gasteiger partial charge in [-0.3, -0.25) is 4.79 Å². The van der Waals surface area contributed by atoms with E-state index in [1.165, 1.54) is 0 Å². The zero-order valence-corrected chi connectivity index (χ0v) is 10.2. The second kappa shape index (κ2) is 5.40. The van der Waals surface area contributed by atoms with Gasteiger partial charge < -0.3 is 14.5 Å². The Morgan fingerprint density at radius 1 is 1.56 bits per heavy atom. The molecule has 0 unspecified atom stereocenters. The lowest BCUT2D eigenvalue weighted by Crippen LogP contribution is -2.24. The minimum atomic E-state index is -0.0478. The maximum Gasteiger partial charge on any atom is 0.224 e. The maximum absolute atomic E-state index is 11.6. The van der Waals surface area contributed by atoms with E-state index in [1.807, 2.05) is 12.1 Å². The van der Waals surface area contributed by atoms with Gasteiger partial charge in [0.05, 0.1) is 19.8 Å². The topological polar surface area (TPSA) is 51.5 Å². The molecule has 0 atom stereocenters. The predicted molar refractivity (Wildman–Crippen MR) is 69.7 cm³/mol. The fourth-order valence-corrected chi connectivity index (χ4v) is 1.75. The van der Waals surface area contributed by atoms with Crippen LogP contribution in [0.3, 0.4) is 0 Å². The monoisotopic (exact) mass is 245 g/mol. The van der Waals surface area contributed by atoms with Crippen LogP contribution in [0.4, 0.5) is 0 Å². The molecule has 2 rings (SSSR count). The summed E-state index contributed by atoms with van der Waals surface area (Å²) in [5.41, 5.74) is 1.59. The molecule has 0 bridgehead atoms.